The molecule has 0 saturated heterocycles. The van der Waals surface area contributed by atoms with Crippen molar-refractivity contribution in [2.45, 2.75) is 18.4 Å². The maximum Gasteiger partial charge on any atom is 0.320 e. The molecule has 1 aromatic heterocycles. The lowest BCUT2D eigenvalue weighted by Gasteiger charge is -2.08. The van der Waals surface area contributed by atoms with Gasteiger partial charge in [0.2, 0.25) is 0 Å². The third-order valence-electron chi connectivity index (χ3n) is 3.61. The predicted octanol–water partition coefficient (Wildman–Crippen LogP) is 2.91. The summed E-state index contributed by atoms with van der Waals surface area (Å²) in [6.07, 6.45) is 1.82. The van der Waals surface area contributed by atoms with E-state index in [-0.39, 0.29) is 23.3 Å². The number of rotatable bonds is 3. The maximum atomic E-state index is 13.7. The van der Waals surface area contributed by atoms with Gasteiger partial charge in [0.25, 0.3) is 0 Å². The fourth-order valence-electron chi connectivity index (χ4n) is 2.39. The van der Waals surface area contributed by atoms with Gasteiger partial charge in [-0.15, -0.1) is 0 Å². The lowest BCUT2D eigenvalue weighted by atomic mass is 10.1. The van der Waals surface area contributed by atoms with E-state index < -0.39 is 17.7 Å². The molecule has 1 heterocycles. The van der Waals surface area contributed by atoms with Crippen LogP contribution < -0.4 is 10.6 Å². The van der Waals surface area contributed by atoms with Crippen molar-refractivity contribution in [3.05, 3.63) is 59.3 Å². The molecule has 23 heavy (non-hydrogen) atoms. The van der Waals surface area contributed by atoms with E-state index in [4.69, 9.17) is 5.26 Å². The first-order valence-electron chi connectivity index (χ1n) is 6.96. The highest BCUT2D eigenvalue weighted by molar-refractivity contribution is 5.88. The summed E-state index contributed by atoms with van der Waals surface area (Å²) in [5.41, 5.74) is 0.391. The zero-order valence-corrected chi connectivity index (χ0v) is 11.9. The van der Waals surface area contributed by atoms with Gasteiger partial charge >= 0.3 is 6.03 Å². The molecule has 0 spiro atoms. The summed E-state index contributed by atoms with van der Waals surface area (Å²) in [6.45, 7) is 0. The van der Waals surface area contributed by atoms with Crippen molar-refractivity contribution in [1.29, 1.82) is 5.26 Å². The van der Waals surface area contributed by atoms with Crippen LogP contribution in [-0.2, 0) is 0 Å². The van der Waals surface area contributed by atoms with Crippen molar-refractivity contribution in [1.82, 2.24) is 10.3 Å². The van der Waals surface area contributed by atoms with E-state index in [0.717, 1.165) is 0 Å². The monoisotopic (exact) mass is 314 g/mol. The molecular weight excluding hydrogens is 302 g/mol. The Balaban J connectivity index is 1.59. The molecule has 3 rings (SSSR count). The number of pyridine rings is 1. The van der Waals surface area contributed by atoms with Gasteiger partial charge in [-0.05, 0) is 30.7 Å². The number of carbonyl (C=O) groups is 1. The summed E-state index contributed by atoms with van der Waals surface area (Å²) in [7, 11) is 0. The molecule has 1 fully saturated rings. The van der Waals surface area contributed by atoms with Crippen molar-refractivity contribution in [2.75, 3.05) is 5.32 Å². The minimum absolute atomic E-state index is 0.00861. The number of hydrogen-bond donors (Lipinski definition) is 2. The lowest BCUT2D eigenvalue weighted by molar-refractivity contribution is 0.251. The number of nitriles is 1. The average Bonchev–Trinajstić information content (AvgIpc) is 3.26. The molecule has 116 valence electrons. The molecule has 2 unspecified atom stereocenters. The number of nitrogens with one attached hydrogen (secondary N) is 2. The van der Waals surface area contributed by atoms with Crippen molar-refractivity contribution >= 4 is 11.8 Å². The number of amides is 2. The van der Waals surface area contributed by atoms with Gasteiger partial charge in [0.1, 0.15) is 23.5 Å². The van der Waals surface area contributed by atoms with Crippen molar-refractivity contribution in [2.24, 2.45) is 0 Å². The molecule has 1 aromatic carbocycles. The Hall–Kier alpha value is -3.01. The fraction of sp³-hybridized carbons (Fsp3) is 0.188. The first-order valence-corrected chi connectivity index (χ1v) is 6.96. The van der Waals surface area contributed by atoms with Crippen LogP contribution in [0.25, 0.3) is 0 Å². The fourth-order valence-corrected chi connectivity index (χ4v) is 2.39. The number of aromatic nitrogens is 1. The first kappa shape index (κ1) is 14.9. The Kier molecular flexibility index (Phi) is 3.89. The molecular formula is C16H12F2N4O. The van der Waals surface area contributed by atoms with E-state index in [1.807, 2.05) is 6.07 Å². The van der Waals surface area contributed by atoms with Crippen LogP contribution in [-0.4, -0.2) is 17.1 Å². The molecule has 2 atom stereocenters. The molecule has 0 bridgehead atoms. The second kappa shape index (κ2) is 6.01. The second-order valence-electron chi connectivity index (χ2n) is 5.23. The largest absolute Gasteiger partial charge is 0.334 e. The minimum atomic E-state index is -0.603. The molecule has 1 aliphatic rings. The summed E-state index contributed by atoms with van der Waals surface area (Å²) in [4.78, 5) is 15.8. The van der Waals surface area contributed by atoms with Crippen LogP contribution >= 0.6 is 0 Å². The summed E-state index contributed by atoms with van der Waals surface area (Å²) < 4.78 is 27.3. The van der Waals surface area contributed by atoms with Crippen LogP contribution in [0.2, 0.25) is 0 Å². The Morgan fingerprint density at radius 3 is 2.61 bits per heavy atom. The van der Waals surface area contributed by atoms with Gasteiger partial charge in [-0.3, -0.25) is 5.32 Å². The average molecular weight is 314 g/mol. The molecule has 0 radical (unpaired) electrons. The van der Waals surface area contributed by atoms with Gasteiger partial charge in [-0.2, -0.15) is 5.26 Å². The first-order chi connectivity index (χ1) is 11.1. The minimum Gasteiger partial charge on any atom is -0.334 e. The number of urea groups is 1. The highest BCUT2D eigenvalue weighted by atomic mass is 19.1. The van der Waals surface area contributed by atoms with Crippen LogP contribution in [0.1, 0.15) is 23.5 Å². The summed E-state index contributed by atoms with van der Waals surface area (Å²) in [5.74, 6) is -1.28. The molecule has 2 amide bonds. The molecule has 1 aliphatic carbocycles. The van der Waals surface area contributed by atoms with Crippen LogP contribution in [0.15, 0.2) is 36.5 Å². The van der Waals surface area contributed by atoms with Crippen LogP contribution in [0.3, 0.4) is 0 Å². The SMILES string of the molecule is N#Cc1ccc(NC(=O)NC2CC2c2c(F)cccc2F)nc1. The summed E-state index contributed by atoms with van der Waals surface area (Å²) in [5, 5.41) is 13.8. The standard InChI is InChI=1S/C16H12F2N4O/c17-11-2-1-3-12(18)15(11)10-6-13(10)21-16(23)22-14-5-4-9(7-19)8-20-14/h1-5,8,10,13H,6H2,(H2,20,21,22,23). The maximum absolute atomic E-state index is 13.7. The molecule has 0 aliphatic heterocycles. The zero-order chi connectivity index (χ0) is 16.4. The van der Waals surface area contributed by atoms with Gasteiger partial charge in [0, 0.05) is 23.7 Å². The summed E-state index contributed by atoms with van der Waals surface area (Å²) >= 11 is 0. The second-order valence-corrected chi connectivity index (χ2v) is 5.23. The Labute approximate surface area is 131 Å². The number of carbonyl (C=O) groups excluding carboxylic acids is 1. The summed E-state index contributed by atoms with van der Waals surface area (Å²) in [6, 6.07) is 7.83. The van der Waals surface area contributed by atoms with Gasteiger partial charge in [-0.25, -0.2) is 18.6 Å². The molecule has 2 aromatic rings. The Bertz CT molecular complexity index is 765. The number of nitrogens with zero attached hydrogens (tertiary/aromatic N) is 2. The number of hydrogen-bond acceptors (Lipinski definition) is 3. The number of benzene rings is 1. The lowest BCUT2D eigenvalue weighted by Crippen LogP contribution is -2.31. The van der Waals surface area contributed by atoms with E-state index in [1.165, 1.54) is 36.5 Å². The smallest absolute Gasteiger partial charge is 0.320 e. The number of halogens is 2. The van der Waals surface area contributed by atoms with Crippen molar-refractivity contribution in [3.8, 4) is 6.07 Å². The quantitative estimate of drug-likeness (QED) is 0.914. The molecule has 7 heteroatoms. The predicted molar refractivity (Wildman–Crippen MR) is 78.6 cm³/mol. The van der Waals surface area contributed by atoms with Crippen molar-refractivity contribution < 1.29 is 13.6 Å². The van der Waals surface area contributed by atoms with E-state index in [2.05, 4.69) is 15.6 Å². The number of anilines is 1. The van der Waals surface area contributed by atoms with Crippen LogP contribution in [0.5, 0.6) is 0 Å². The van der Waals surface area contributed by atoms with Crippen LogP contribution in [0, 0.1) is 23.0 Å². The topological polar surface area (TPSA) is 77.8 Å². The van der Waals surface area contributed by atoms with Gasteiger partial charge in [-0.1, -0.05) is 6.07 Å². The highest BCUT2D eigenvalue weighted by Gasteiger charge is 2.42. The highest BCUT2D eigenvalue weighted by Crippen LogP contribution is 2.43. The molecule has 5 nitrogen and oxygen atoms in total. The van der Waals surface area contributed by atoms with Gasteiger partial charge < -0.3 is 5.32 Å². The molecule has 2 N–H and O–H groups in total. The normalized spacial score (nSPS) is 18.8. The van der Waals surface area contributed by atoms with E-state index in [1.54, 1.807) is 0 Å². The van der Waals surface area contributed by atoms with Crippen molar-refractivity contribution in [3.63, 3.8) is 0 Å². The van der Waals surface area contributed by atoms with E-state index in [0.29, 0.717) is 12.0 Å². The van der Waals surface area contributed by atoms with E-state index >= 15 is 0 Å². The van der Waals surface area contributed by atoms with Crippen LogP contribution in [0.4, 0.5) is 19.4 Å². The zero-order valence-electron chi connectivity index (χ0n) is 11.9. The third kappa shape index (κ3) is 3.26. The molecule has 1 saturated carbocycles. The Morgan fingerprint density at radius 2 is 2.00 bits per heavy atom. The van der Waals surface area contributed by atoms with Gasteiger partial charge in [0.05, 0.1) is 5.56 Å². The third-order valence-corrected chi connectivity index (χ3v) is 3.61. The Morgan fingerprint density at radius 1 is 1.26 bits per heavy atom. The van der Waals surface area contributed by atoms with E-state index in [9.17, 15) is 13.6 Å². The van der Waals surface area contributed by atoms with Gasteiger partial charge in [0.15, 0.2) is 0 Å².